The van der Waals surface area contributed by atoms with Crippen LogP contribution in [0.2, 0.25) is 0 Å². The third kappa shape index (κ3) is 1.53. The Bertz CT molecular complexity index is 680. The molecule has 0 amide bonds. The smallest absolute Gasteiger partial charge is 0.228 e. The number of H-pyrrole nitrogens is 1. The van der Waals surface area contributed by atoms with Crippen LogP contribution in [0.4, 0.5) is 0 Å². The highest BCUT2D eigenvalue weighted by molar-refractivity contribution is 5.89. The molecule has 0 atom stereocenters. The van der Waals surface area contributed by atoms with Gasteiger partial charge in [0.1, 0.15) is 12.7 Å². The van der Waals surface area contributed by atoms with E-state index in [-0.39, 0.29) is 0 Å². The highest BCUT2D eigenvalue weighted by Gasteiger charge is 2.15. The number of fused-ring (bicyclic) bond motifs is 1. The molecule has 17 heavy (non-hydrogen) atoms. The fourth-order valence-electron chi connectivity index (χ4n) is 2.32. The number of para-hydroxylation sites is 1. The lowest BCUT2D eigenvalue weighted by Gasteiger charge is -1.98. The molecule has 3 rings (SSSR count). The highest BCUT2D eigenvalue weighted by atomic mass is 14.9. The van der Waals surface area contributed by atoms with Crippen molar-refractivity contribution in [2.24, 2.45) is 7.05 Å². The second kappa shape index (κ2) is 3.74. The lowest BCUT2D eigenvalue weighted by atomic mass is 10.1. The third-order valence-electron chi connectivity index (χ3n) is 3.28. The van der Waals surface area contributed by atoms with Crippen molar-refractivity contribution in [2.45, 2.75) is 6.92 Å². The van der Waals surface area contributed by atoms with Crippen molar-refractivity contribution in [3.8, 4) is 11.4 Å². The maximum atomic E-state index is 3.50. The molecule has 0 aliphatic carbocycles. The van der Waals surface area contributed by atoms with E-state index in [1.807, 2.05) is 6.07 Å². The van der Waals surface area contributed by atoms with Crippen molar-refractivity contribution >= 4 is 10.9 Å². The summed E-state index contributed by atoms with van der Waals surface area (Å²) >= 11 is 0. The molecular weight excluding hydrogens is 208 g/mol. The molecule has 2 nitrogen and oxygen atoms in total. The lowest BCUT2D eigenvalue weighted by Crippen LogP contribution is -2.30. The minimum Gasteiger partial charge on any atom is -0.349 e. The molecule has 0 saturated heterocycles. The quantitative estimate of drug-likeness (QED) is 0.612. The van der Waals surface area contributed by atoms with E-state index < -0.39 is 0 Å². The average molecular weight is 223 g/mol. The molecule has 2 aromatic heterocycles. The van der Waals surface area contributed by atoms with Crippen LogP contribution < -0.4 is 4.57 Å². The molecule has 0 aliphatic heterocycles. The largest absolute Gasteiger partial charge is 0.349 e. The van der Waals surface area contributed by atoms with E-state index in [4.69, 9.17) is 0 Å². The molecule has 1 aromatic carbocycles. The molecule has 84 valence electrons. The Kier molecular flexibility index (Phi) is 2.22. The number of rotatable bonds is 1. The van der Waals surface area contributed by atoms with Crippen LogP contribution in [-0.2, 0) is 7.05 Å². The predicted molar refractivity (Wildman–Crippen MR) is 69.6 cm³/mol. The van der Waals surface area contributed by atoms with Crippen molar-refractivity contribution in [1.82, 2.24) is 4.98 Å². The first-order valence-electron chi connectivity index (χ1n) is 5.80. The molecule has 3 aromatic rings. The summed E-state index contributed by atoms with van der Waals surface area (Å²) in [5.74, 6) is 0. The number of hydrogen-bond donors (Lipinski definition) is 1. The Balaban J connectivity index is 2.32. The van der Waals surface area contributed by atoms with Crippen LogP contribution in [0.1, 0.15) is 5.56 Å². The Hall–Kier alpha value is -2.09. The summed E-state index contributed by atoms with van der Waals surface area (Å²) in [5, 5.41) is 1.30. The topological polar surface area (TPSA) is 19.7 Å². The average Bonchev–Trinajstić information content (AvgIpc) is 2.68. The van der Waals surface area contributed by atoms with E-state index in [0.29, 0.717) is 0 Å². The molecule has 2 heteroatoms. The molecular formula is C15H15N2+. The number of aryl methyl sites for hydroxylation is 2. The van der Waals surface area contributed by atoms with Crippen LogP contribution in [0.3, 0.4) is 0 Å². The van der Waals surface area contributed by atoms with Crippen molar-refractivity contribution in [1.29, 1.82) is 0 Å². The van der Waals surface area contributed by atoms with E-state index in [0.717, 1.165) is 0 Å². The molecule has 1 N–H and O–H groups in total. The maximum absolute atomic E-state index is 3.50. The van der Waals surface area contributed by atoms with Gasteiger partial charge < -0.3 is 4.98 Å². The number of aromatic nitrogens is 2. The van der Waals surface area contributed by atoms with Gasteiger partial charge in [0.25, 0.3) is 0 Å². The standard InChI is InChI=1S/C15H14N2/c1-11-12-7-3-4-8-13(12)16-15(11)14-9-5-6-10-17(14)2/h3-10H,1-2H3/p+1. The minimum atomic E-state index is 1.20. The summed E-state index contributed by atoms with van der Waals surface area (Å²) in [6.45, 7) is 2.17. The van der Waals surface area contributed by atoms with Crippen molar-refractivity contribution < 1.29 is 4.57 Å². The Labute approximate surface area is 101 Å². The Morgan fingerprint density at radius 3 is 2.53 bits per heavy atom. The molecule has 0 aliphatic rings. The molecule has 0 unspecified atom stereocenters. The van der Waals surface area contributed by atoms with Crippen molar-refractivity contribution in [3.63, 3.8) is 0 Å². The van der Waals surface area contributed by atoms with Crippen LogP contribution in [0.5, 0.6) is 0 Å². The van der Waals surface area contributed by atoms with Crippen LogP contribution in [-0.4, -0.2) is 4.98 Å². The van der Waals surface area contributed by atoms with Crippen LogP contribution >= 0.6 is 0 Å². The summed E-state index contributed by atoms with van der Waals surface area (Å²) in [5.41, 5.74) is 4.92. The normalized spacial score (nSPS) is 10.9. The molecule has 0 fully saturated rings. The number of hydrogen-bond acceptors (Lipinski definition) is 0. The van der Waals surface area contributed by atoms with Gasteiger partial charge in [-0.3, -0.25) is 0 Å². The summed E-state index contributed by atoms with van der Waals surface area (Å²) in [6, 6.07) is 14.7. The zero-order chi connectivity index (χ0) is 11.8. The number of benzene rings is 1. The molecule has 0 spiro atoms. The number of nitrogens with one attached hydrogen (secondary N) is 1. The molecule has 0 radical (unpaired) electrons. The fraction of sp³-hybridized carbons (Fsp3) is 0.133. The van der Waals surface area contributed by atoms with E-state index in [1.54, 1.807) is 0 Å². The van der Waals surface area contributed by atoms with Gasteiger partial charge in [-0.25, -0.2) is 0 Å². The van der Waals surface area contributed by atoms with Crippen molar-refractivity contribution in [2.75, 3.05) is 0 Å². The van der Waals surface area contributed by atoms with Gasteiger partial charge in [0.2, 0.25) is 5.69 Å². The van der Waals surface area contributed by atoms with Crippen LogP contribution in [0, 0.1) is 6.92 Å². The number of nitrogens with zero attached hydrogens (tertiary/aromatic N) is 1. The van der Waals surface area contributed by atoms with Crippen LogP contribution in [0.15, 0.2) is 48.7 Å². The maximum Gasteiger partial charge on any atom is 0.228 e. The summed E-state index contributed by atoms with van der Waals surface area (Å²) in [6.07, 6.45) is 2.07. The zero-order valence-electron chi connectivity index (χ0n) is 10.1. The Morgan fingerprint density at radius 2 is 1.76 bits per heavy atom. The number of aromatic amines is 1. The van der Waals surface area contributed by atoms with E-state index in [9.17, 15) is 0 Å². The first-order chi connectivity index (χ1) is 8.27. The van der Waals surface area contributed by atoms with Gasteiger partial charge in [0.15, 0.2) is 6.20 Å². The monoisotopic (exact) mass is 223 g/mol. The summed E-state index contributed by atoms with van der Waals surface area (Å²) in [4.78, 5) is 3.50. The van der Waals surface area contributed by atoms with Gasteiger partial charge in [-0.15, -0.1) is 0 Å². The molecule has 0 bridgehead atoms. The fourth-order valence-corrected chi connectivity index (χ4v) is 2.32. The van der Waals surface area contributed by atoms with Gasteiger partial charge in [0.05, 0.1) is 0 Å². The second-order valence-corrected chi connectivity index (χ2v) is 4.37. The zero-order valence-corrected chi connectivity index (χ0v) is 10.1. The van der Waals surface area contributed by atoms with Gasteiger partial charge in [-0.05, 0) is 24.6 Å². The van der Waals surface area contributed by atoms with Gasteiger partial charge in [-0.2, -0.15) is 4.57 Å². The lowest BCUT2D eigenvalue weighted by molar-refractivity contribution is -0.660. The number of pyridine rings is 1. The predicted octanol–water partition coefficient (Wildman–Crippen LogP) is 2.97. The van der Waals surface area contributed by atoms with E-state index in [1.165, 1.54) is 27.9 Å². The van der Waals surface area contributed by atoms with E-state index in [2.05, 4.69) is 66.1 Å². The van der Waals surface area contributed by atoms with Crippen molar-refractivity contribution in [3.05, 3.63) is 54.2 Å². The van der Waals surface area contributed by atoms with Gasteiger partial charge in [-0.1, -0.05) is 18.2 Å². The Morgan fingerprint density at radius 1 is 1.00 bits per heavy atom. The summed E-state index contributed by atoms with van der Waals surface area (Å²) in [7, 11) is 2.07. The van der Waals surface area contributed by atoms with E-state index >= 15 is 0 Å². The third-order valence-corrected chi connectivity index (χ3v) is 3.28. The first-order valence-corrected chi connectivity index (χ1v) is 5.80. The van der Waals surface area contributed by atoms with Gasteiger partial charge >= 0.3 is 0 Å². The molecule has 2 heterocycles. The molecule has 0 saturated carbocycles. The SMILES string of the molecule is Cc1c(-c2cccc[n+]2C)[nH]c2ccccc12. The van der Waals surface area contributed by atoms with Gasteiger partial charge in [0, 0.05) is 23.0 Å². The van der Waals surface area contributed by atoms with Crippen LogP contribution in [0.25, 0.3) is 22.3 Å². The minimum absolute atomic E-state index is 1.20. The second-order valence-electron chi connectivity index (χ2n) is 4.37. The highest BCUT2D eigenvalue weighted by Crippen LogP contribution is 2.27. The first kappa shape index (κ1) is 10.1. The summed E-state index contributed by atoms with van der Waals surface area (Å²) < 4.78 is 2.14.